The van der Waals surface area contributed by atoms with Crippen LogP contribution < -0.4 is 5.73 Å². The Morgan fingerprint density at radius 2 is 1.63 bits per heavy atom. The van der Waals surface area contributed by atoms with Crippen LogP contribution in [0.25, 0.3) is 0 Å². The van der Waals surface area contributed by atoms with Crippen molar-refractivity contribution in [1.29, 1.82) is 0 Å². The van der Waals surface area contributed by atoms with E-state index in [2.05, 4.69) is 56.9 Å². The smallest absolute Gasteiger partial charge is 0.0761 e. The highest BCUT2D eigenvalue weighted by Crippen LogP contribution is 2.33. The second-order valence-electron chi connectivity index (χ2n) is 6.69. The van der Waals surface area contributed by atoms with Crippen LogP contribution in [-0.2, 0) is 4.74 Å². The van der Waals surface area contributed by atoms with Gasteiger partial charge in [0.05, 0.1) is 11.2 Å². The molecule has 0 bridgehead atoms. The zero-order chi connectivity index (χ0) is 14.1. The van der Waals surface area contributed by atoms with E-state index >= 15 is 0 Å². The van der Waals surface area contributed by atoms with Crippen molar-refractivity contribution < 1.29 is 4.74 Å². The molecule has 3 nitrogen and oxygen atoms in total. The van der Waals surface area contributed by atoms with Crippen LogP contribution in [0.2, 0.25) is 0 Å². The van der Waals surface area contributed by atoms with Gasteiger partial charge in [-0.1, -0.05) is 30.3 Å². The topological polar surface area (TPSA) is 38.5 Å². The van der Waals surface area contributed by atoms with Crippen molar-refractivity contribution in [3.8, 4) is 0 Å². The second-order valence-corrected chi connectivity index (χ2v) is 6.69. The van der Waals surface area contributed by atoms with Crippen LogP contribution in [0.15, 0.2) is 30.3 Å². The average molecular weight is 262 g/mol. The lowest BCUT2D eigenvalue weighted by atomic mass is 9.95. The Morgan fingerprint density at radius 3 is 2.11 bits per heavy atom. The molecule has 0 aliphatic carbocycles. The lowest BCUT2D eigenvalue weighted by Gasteiger charge is -2.49. The Morgan fingerprint density at radius 1 is 1.11 bits per heavy atom. The lowest BCUT2D eigenvalue weighted by molar-refractivity contribution is -0.187. The van der Waals surface area contributed by atoms with E-state index in [-0.39, 0.29) is 17.2 Å². The molecule has 1 atom stereocenters. The fourth-order valence-electron chi connectivity index (χ4n) is 3.24. The van der Waals surface area contributed by atoms with E-state index in [1.54, 1.807) is 0 Å². The molecule has 0 aromatic heterocycles. The summed E-state index contributed by atoms with van der Waals surface area (Å²) in [6.45, 7) is 11.1. The second kappa shape index (κ2) is 5.23. The largest absolute Gasteiger partial charge is 0.367 e. The summed E-state index contributed by atoms with van der Waals surface area (Å²) in [6.07, 6.45) is 0. The number of nitrogens with zero attached hydrogens (tertiary/aromatic N) is 1. The number of hydrogen-bond acceptors (Lipinski definition) is 3. The van der Waals surface area contributed by atoms with Gasteiger partial charge in [-0.2, -0.15) is 0 Å². The molecule has 1 aliphatic rings. The molecule has 106 valence electrons. The molecule has 1 aromatic rings. The van der Waals surface area contributed by atoms with Crippen LogP contribution >= 0.6 is 0 Å². The third kappa shape index (κ3) is 3.56. The number of benzene rings is 1. The highest BCUT2D eigenvalue weighted by molar-refractivity contribution is 5.20. The van der Waals surface area contributed by atoms with Gasteiger partial charge in [-0.15, -0.1) is 0 Å². The number of rotatable bonds is 3. The van der Waals surface area contributed by atoms with Gasteiger partial charge in [-0.3, -0.25) is 4.90 Å². The van der Waals surface area contributed by atoms with Crippen molar-refractivity contribution in [3.05, 3.63) is 35.9 Å². The third-order valence-electron chi connectivity index (χ3n) is 3.57. The van der Waals surface area contributed by atoms with Crippen molar-refractivity contribution in [3.63, 3.8) is 0 Å². The van der Waals surface area contributed by atoms with Crippen LogP contribution in [-0.4, -0.2) is 35.7 Å². The highest BCUT2D eigenvalue weighted by atomic mass is 16.5. The van der Waals surface area contributed by atoms with Gasteiger partial charge in [0, 0.05) is 25.7 Å². The van der Waals surface area contributed by atoms with Crippen molar-refractivity contribution in [2.45, 2.75) is 44.9 Å². The Kier molecular flexibility index (Phi) is 4.00. The van der Waals surface area contributed by atoms with Gasteiger partial charge in [0.2, 0.25) is 0 Å². The van der Waals surface area contributed by atoms with Gasteiger partial charge < -0.3 is 10.5 Å². The zero-order valence-electron chi connectivity index (χ0n) is 12.5. The predicted molar refractivity (Wildman–Crippen MR) is 79.1 cm³/mol. The normalized spacial score (nSPS) is 24.1. The fourth-order valence-corrected chi connectivity index (χ4v) is 3.24. The Bertz CT molecular complexity index is 398. The first-order chi connectivity index (χ1) is 8.83. The van der Waals surface area contributed by atoms with E-state index in [4.69, 9.17) is 10.5 Å². The molecule has 3 heteroatoms. The SMILES string of the molecule is CC1(C)CN(C(CN)c2ccccc2)CC(C)(C)O1. The number of ether oxygens (including phenoxy) is 1. The summed E-state index contributed by atoms with van der Waals surface area (Å²) < 4.78 is 6.14. The molecule has 1 aliphatic heterocycles. The predicted octanol–water partition coefficient (Wildman–Crippen LogP) is 2.58. The summed E-state index contributed by atoms with van der Waals surface area (Å²) in [5.41, 5.74) is 7.05. The minimum Gasteiger partial charge on any atom is -0.367 e. The highest BCUT2D eigenvalue weighted by Gasteiger charge is 2.40. The number of nitrogens with two attached hydrogens (primary N) is 1. The van der Waals surface area contributed by atoms with Gasteiger partial charge in [0.15, 0.2) is 0 Å². The Balaban J connectivity index is 2.23. The van der Waals surface area contributed by atoms with Crippen LogP contribution in [0.4, 0.5) is 0 Å². The molecule has 1 unspecified atom stereocenters. The molecule has 2 N–H and O–H groups in total. The van der Waals surface area contributed by atoms with Crippen LogP contribution in [0.5, 0.6) is 0 Å². The maximum absolute atomic E-state index is 6.14. The van der Waals surface area contributed by atoms with Crippen molar-refractivity contribution in [2.24, 2.45) is 5.73 Å². The van der Waals surface area contributed by atoms with Gasteiger partial charge in [0.25, 0.3) is 0 Å². The molecule has 19 heavy (non-hydrogen) atoms. The molecule has 1 heterocycles. The van der Waals surface area contributed by atoms with Gasteiger partial charge in [-0.25, -0.2) is 0 Å². The summed E-state index contributed by atoms with van der Waals surface area (Å²) in [6, 6.07) is 10.8. The molecule has 0 radical (unpaired) electrons. The van der Waals surface area contributed by atoms with Crippen molar-refractivity contribution >= 4 is 0 Å². The summed E-state index contributed by atoms with van der Waals surface area (Å²) in [7, 11) is 0. The lowest BCUT2D eigenvalue weighted by Crippen LogP contribution is -2.58. The zero-order valence-corrected chi connectivity index (χ0v) is 12.5. The number of morpholine rings is 1. The maximum Gasteiger partial charge on any atom is 0.0761 e. The Hall–Kier alpha value is -0.900. The monoisotopic (exact) mass is 262 g/mol. The first kappa shape index (κ1) is 14.5. The first-order valence-corrected chi connectivity index (χ1v) is 7.02. The molecule has 0 amide bonds. The first-order valence-electron chi connectivity index (χ1n) is 7.02. The van der Waals surface area contributed by atoms with E-state index in [1.165, 1.54) is 5.56 Å². The molecule has 0 spiro atoms. The number of hydrogen-bond donors (Lipinski definition) is 1. The van der Waals surface area contributed by atoms with Crippen molar-refractivity contribution in [1.82, 2.24) is 4.90 Å². The molecular formula is C16H26N2O. The van der Waals surface area contributed by atoms with E-state index in [0.29, 0.717) is 6.54 Å². The summed E-state index contributed by atoms with van der Waals surface area (Å²) >= 11 is 0. The van der Waals surface area contributed by atoms with Crippen LogP contribution in [0.3, 0.4) is 0 Å². The van der Waals surface area contributed by atoms with Gasteiger partial charge in [0.1, 0.15) is 0 Å². The summed E-state index contributed by atoms with van der Waals surface area (Å²) in [5.74, 6) is 0. The van der Waals surface area contributed by atoms with Crippen LogP contribution in [0.1, 0.15) is 39.3 Å². The minimum atomic E-state index is -0.135. The van der Waals surface area contributed by atoms with Crippen molar-refractivity contribution in [2.75, 3.05) is 19.6 Å². The molecular weight excluding hydrogens is 236 g/mol. The maximum atomic E-state index is 6.14. The molecule has 1 fully saturated rings. The molecule has 1 saturated heterocycles. The molecule has 1 aromatic carbocycles. The van der Waals surface area contributed by atoms with Gasteiger partial charge >= 0.3 is 0 Å². The third-order valence-corrected chi connectivity index (χ3v) is 3.57. The van der Waals surface area contributed by atoms with Gasteiger partial charge in [-0.05, 0) is 33.3 Å². The average Bonchev–Trinajstić information content (AvgIpc) is 2.27. The summed E-state index contributed by atoms with van der Waals surface area (Å²) in [4.78, 5) is 2.46. The van der Waals surface area contributed by atoms with E-state index < -0.39 is 0 Å². The quantitative estimate of drug-likeness (QED) is 0.910. The van der Waals surface area contributed by atoms with E-state index in [1.807, 2.05) is 6.07 Å². The minimum absolute atomic E-state index is 0.135. The van der Waals surface area contributed by atoms with E-state index in [9.17, 15) is 0 Å². The Labute approximate surface area is 116 Å². The van der Waals surface area contributed by atoms with E-state index in [0.717, 1.165) is 13.1 Å². The standard InChI is InChI=1S/C16H26N2O/c1-15(2)11-18(12-16(3,4)19-15)14(10-17)13-8-6-5-7-9-13/h5-9,14H,10-12,17H2,1-4H3. The molecule has 0 saturated carbocycles. The fraction of sp³-hybridized carbons (Fsp3) is 0.625. The molecule has 2 rings (SSSR count). The summed E-state index contributed by atoms with van der Waals surface area (Å²) in [5, 5.41) is 0. The van der Waals surface area contributed by atoms with Crippen LogP contribution in [0, 0.1) is 0 Å².